The summed E-state index contributed by atoms with van der Waals surface area (Å²) in [4.78, 5) is 27.4. The molecule has 0 unspecified atom stereocenters. The molecular weight excluding hydrogens is 460 g/mol. The molecule has 0 saturated carbocycles. The monoisotopic (exact) mass is 484 g/mol. The van der Waals surface area contributed by atoms with Crippen molar-refractivity contribution in [2.45, 2.75) is 50.6 Å². The Morgan fingerprint density at radius 2 is 2.06 bits per heavy atom. The number of hydrogen-bond donors (Lipinski definition) is 0. The molecule has 4 aromatic rings. The van der Waals surface area contributed by atoms with Crippen LogP contribution in [0.1, 0.15) is 29.9 Å². The van der Waals surface area contributed by atoms with Crippen LogP contribution in [-0.4, -0.2) is 43.6 Å². The number of ether oxygens (including phenoxy) is 2. The zero-order valence-corrected chi connectivity index (χ0v) is 20.3. The van der Waals surface area contributed by atoms with E-state index in [1.165, 1.54) is 18.9 Å². The number of nitrogens with zero attached hydrogens (tertiary/aromatic N) is 4. The number of fused-ring (bicyclic) bond motifs is 5. The third kappa shape index (κ3) is 4.07. The SMILES string of the molecule is COC(=O)CSc1nnc2n(CCc3ccccc3)c(=O)c3c4c(sc3n12)COC(C)(C)C4. The van der Waals surface area contributed by atoms with Crippen LogP contribution in [0.2, 0.25) is 0 Å². The van der Waals surface area contributed by atoms with Crippen LogP contribution in [0.4, 0.5) is 0 Å². The average Bonchev–Trinajstić information content (AvgIpc) is 3.38. The van der Waals surface area contributed by atoms with E-state index in [0.717, 1.165) is 20.8 Å². The first-order valence-corrected chi connectivity index (χ1v) is 12.5. The van der Waals surface area contributed by atoms with Gasteiger partial charge in [0.25, 0.3) is 5.56 Å². The topological polar surface area (TPSA) is 87.7 Å². The maximum Gasteiger partial charge on any atom is 0.316 e. The molecular formula is C23H24N4O4S2. The Balaban J connectivity index is 1.69. The van der Waals surface area contributed by atoms with Crippen molar-refractivity contribution in [3.8, 4) is 0 Å². The van der Waals surface area contributed by atoms with Crippen molar-refractivity contribution in [1.82, 2.24) is 19.2 Å². The average molecular weight is 485 g/mol. The van der Waals surface area contributed by atoms with Crippen LogP contribution in [0, 0.1) is 0 Å². The number of esters is 1. The molecule has 0 N–H and O–H groups in total. The van der Waals surface area contributed by atoms with E-state index in [1.54, 1.807) is 15.9 Å². The van der Waals surface area contributed by atoms with E-state index in [0.29, 0.717) is 42.3 Å². The van der Waals surface area contributed by atoms with Gasteiger partial charge in [-0.25, -0.2) is 4.40 Å². The molecule has 4 heterocycles. The molecule has 1 aromatic carbocycles. The second-order valence-electron chi connectivity index (χ2n) is 8.58. The van der Waals surface area contributed by atoms with E-state index in [2.05, 4.69) is 22.3 Å². The summed E-state index contributed by atoms with van der Waals surface area (Å²) in [6.45, 7) is 5.04. The molecule has 3 aromatic heterocycles. The molecule has 0 atom stereocenters. The number of carbonyl (C=O) groups excluding carboxylic acids is 1. The van der Waals surface area contributed by atoms with Crippen molar-refractivity contribution < 1.29 is 14.3 Å². The Bertz CT molecular complexity index is 1410. The zero-order chi connectivity index (χ0) is 23.2. The summed E-state index contributed by atoms with van der Waals surface area (Å²) in [5, 5.41) is 9.95. The highest BCUT2D eigenvalue weighted by atomic mass is 32.2. The van der Waals surface area contributed by atoms with Gasteiger partial charge in [-0.1, -0.05) is 42.1 Å². The second-order valence-corrected chi connectivity index (χ2v) is 10.6. The van der Waals surface area contributed by atoms with E-state index in [1.807, 2.05) is 36.4 Å². The molecule has 0 radical (unpaired) electrons. The van der Waals surface area contributed by atoms with Gasteiger partial charge in [-0.3, -0.25) is 14.2 Å². The van der Waals surface area contributed by atoms with Gasteiger partial charge in [-0.2, -0.15) is 0 Å². The van der Waals surface area contributed by atoms with Crippen molar-refractivity contribution in [2.24, 2.45) is 0 Å². The normalized spacial score (nSPS) is 15.1. The highest BCUT2D eigenvalue weighted by Gasteiger charge is 2.32. The fourth-order valence-electron chi connectivity index (χ4n) is 4.12. The number of aromatic nitrogens is 4. The Hall–Kier alpha value is -2.69. The summed E-state index contributed by atoms with van der Waals surface area (Å²) in [6.07, 6.45) is 1.36. The second kappa shape index (κ2) is 8.58. The first-order valence-electron chi connectivity index (χ1n) is 10.7. The summed E-state index contributed by atoms with van der Waals surface area (Å²) in [7, 11) is 1.36. The third-order valence-electron chi connectivity index (χ3n) is 5.80. The molecule has 0 spiro atoms. The van der Waals surface area contributed by atoms with Gasteiger partial charge in [0.05, 0.1) is 30.5 Å². The first kappa shape index (κ1) is 22.1. The lowest BCUT2D eigenvalue weighted by molar-refractivity contribution is -0.137. The van der Waals surface area contributed by atoms with Gasteiger partial charge >= 0.3 is 5.97 Å². The number of benzene rings is 1. The van der Waals surface area contributed by atoms with Crippen molar-refractivity contribution in [3.63, 3.8) is 0 Å². The highest BCUT2D eigenvalue weighted by molar-refractivity contribution is 7.99. The van der Waals surface area contributed by atoms with Crippen LogP contribution in [0.25, 0.3) is 16.0 Å². The van der Waals surface area contributed by atoms with E-state index in [-0.39, 0.29) is 22.9 Å². The number of rotatable bonds is 6. The van der Waals surface area contributed by atoms with Crippen molar-refractivity contribution >= 4 is 45.1 Å². The van der Waals surface area contributed by atoms with E-state index in [4.69, 9.17) is 9.47 Å². The molecule has 1 aliphatic heterocycles. The minimum atomic E-state index is -0.342. The van der Waals surface area contributed by atoms with Gasteiger partial charge in [0.1, 0.15) is 4.83 Å². The van der Waals surface area contributed by atoms with Crippen LogP contribution in [-0.2, 0) is 40.3 Å². The Morgan fingerprint density at radius 1 is 1.27 bits per heavy atom. The molecule has 0 amide bonds. The smallest absolute Gasteiger partial charge is 0.316 e. The van der Waals surface area contributed by atoms with Crippen LogP contribution in [0.3, 0.4) is 0 Å². The molecule has 8 nitrogen and oxygen atoms in total. The number of thiophene rings is 1. The van der Waals surface area contributed by atoms with Gasteiger partial charge in [0.15, 0.2) is 5.16 Å². The summed E-state index contributed by atoms with van der Waals surface area (Å²) in [5.41, 5.74) is 1.79. The molecule has 10 heteroatoms. The lowest BCUT2D eigenvalue weighted by atomic mass is 9.94. The number of carbonyl (C=O) groups is 1. The minimum absolute atomic E-state index is 0.0550. The minimum Gasteiger partial charge on any atom is -0.468 e. The quantitative estimate of drug-likeness (QED) is 0.306. The van der Waals surface area contributed by atoms with Gasteiger partial charge < -0.3 is 9.47 Å². The number of thioether (sulfide) groups is 1. The predicted octanol–water partition coefficient (Wildman–Crippen LogP) is 3.46. The standard InChI is InChI=1S/C23H24N4O4S2/c1-23(2)11-15-16(12-31-23)33-20-18(15)19(29)26(10-9-14-7-5-4-6-8-14)21-24-25-22(27(20)21)32-13-17(28)30-3/h4-8H,9-13H2,1-3H3. The summed E-state index contributed by atoms with van der Waals surface area (Å²) in [6, 6.07) is 10.1. The lowest BCUT2D eigenvalue weighted by Gasteiger charge is -2.29. The maximum atomic E-state index is 13.8. The number of aryl methyl sites for hydroxylation is 2. The molecule has 0 saturated heterocycles. The summed E-state index contributed by atoms with van der Waals surface area (Å²) < 4.78 is 14.4. The first-order chi connectivity index (χ1) is 15.9. The molecule has 5 rings (SSSR count). The van der Waals surface area contributed by atoms with Crippen LogP contribution in [0.5, 0.6) is 0 Å². The molecule has 0 fully saturated rings. The van der Waals surface area contributed by atoms with Gasteiger partial charge in [-0.15, -0.1) is 21.5 Å². The van der Waals surface area contributed by atoms with E-state index >= 15 is 0 Å². The highest BCUT2D eigenvalue weighted by Crippen LogP contribution is 2.38. The number of hydrogen-bond acceptors (Lipinski definition) is 8. The van der Waals surface area contributed by atoms with Crippen molar-refractivity contribution in [3.05, 3.63) is 56.7 Å². The van der Waals surface area contributed by atoms with Crippen LogP contribution < -0.4 is 5.56 Å². The molecule has 33 heavy (non-hydrogen) atoms. The fraction of sp³-hybridized carbons (Fsp3) is 0.391. The molecule has 1 aliphatic rings. The maximum absolute atomic E-state index is 13.8. The Labute approximate surface area is 198 Å². The van der Waals surface area contributed by atoms with Crippen LogP contribution >= 0.6 is 23.1 Å². The van der Waals surface area contributed by atoms with E-state index < -0.39 is 0 Å². The number of methoxy groups -OCH3 is 1. The van der Waals surface area contributed by atoms with Crippen LogP contribution in [0.15, 0.2) is 40.3 Å². The lowest BCUT2D eigenvalue weighted by Crippen LogP contribution is -2.32. The van der Waals surface area contributed by atoms with E-state index in [9.17, 15) is 9.59 Å². The van der Waals surface area contributed by atoms with Crippen molar-refractivity contribution in [2.75, 3.05) is 12.9 Å². The molecule has 0 bridgehead atoms. The third-order valence-corrected chi connectivity index (χ3v) is 7.90. The largest absolute Gasteiger partial charge is 0.468 e. The van der Waals surface area contributed by atoms with Gasteiger partial charge in [0, 0.05) is 17.8 Å². The Kier molecular flexibility index (Phi) is 5.75. The predicted molar refractivity (Wildman–Crippen MR) is 128 cm³/mol. The van der Waals surface area contributed by atoms with Crippen molar-refractivity contribution in [1.29, 1.82) is 0 Å². The zero-order valence-electron chi connectivity index (χ0n) is 18.7. The van der Waals surface area contributed by atoms with Gasteiger partial charge in [0.2, 0.25) is 5.78 Å². The molecule has 172 valence electrons. The summed E-state index contributed by atoms with van der Waals surface area (Å²) in [5.74, 6) is 0.254. The Morgan fingerprint density at radius 3 is 2.82 bits per heavy atom. The van der Waals surface area contributed by atoms with Gasteiger partial charge in [-0.05, 0) is 31.4 Å². The fourth-order valence-corrected chi connectivity index (χ4v) is 6.16. The molecule has 0 aliphatic carbocycles. The summed E-state index contributed by atoms with van der Waals surface area (Å²) >= 11 is 2.79.